The number of aromatic nitrogens is 1. The van der Waals surface area contributed by atoms with Crippen LogP contribution in [0.2, 0.25) is 5.02 Å². The first-order chi connectivity index (χ1) is 15.6. The monoisotopic (exact) mass is 458 g/mol. The lowest BCUT2D eigenvalue weighted by Crippen LogP contribution is -2.27. The number of thioether (sulfide) groups is 1. The van der Waals surface area contributed by atoms with E-state index in [1.807, 2.05) is 91.1 Å². The first-order valence-electron chi connectivity index (χ1n) is 10.2. The summed E-state index contributed by atoms with van der Waals surface area (Å²) in [5, 5.41) is 1.49. The van der Waals surface area contributed by atoms with Gasteiger partial charge < -0.3 is 4.57 Å². The summed E-state index contributed by atoms with van der Waals surface area (Å²) >= 11 is 7.36. The Bertz CT molecular complexity index is 1360. The molecule has 3 aromatic carbocycles. The third-order valence-corrected chi connectivity index (χ3v) is 6.74. The molecule has 32 heavy (non-hydrogen) atoms. The topological polar surface area (TPSA) is 42.3 Å². The van der Waals surface area contributed by atoms with Gasteiger partial charge in [0.25, 0.3) is 11.1 Å². The van der Waals surface area contributed by atoms with Crippen LogP contribution < -0.4 is 0 Å². The van der Waals surface area contributed by atoms with Gasteiger partial charge in [-0.25, -0.2) is 0 Å². The van der Waals surface area contributed by atoms with Crippen LogP contribution in [0.1, 0.15) is 16.7 Å². The lowest BCUT2D eigenvalue weighted by atomic mass is 10.1. The molecule has 0 bridgehead atoms. The molecule has 0 radical (unpaired) electrons. The summed E-state index contributed by atoms with van der Waals surface area (Å²) < 4.78 is 2.12. The van der Waals surface area contributed by atoms with Gasteiger partial charge in [-0.15, -0.1) is 0 Å². The highest BCUT2D eigenvalue weighted by Gasteiger charge is 2.35. The largest absolute Gasteiger partial charge is 0.342 e. The average Bonchev–Trinajstić information content (AvgIpc) is 3.28. The van der Waals surface area contributed by atoms with Crippen molar-refractivity contribution in [2.45, 2.75) is 13.1 Å². The van der Waals surface area contributed by atoms with Crippen molar-refractivity contribution in [2.24, 2.45) is 0 Å². The molecule has 2 heterocycles. The Kier molecular flexibility index (Phi) is 5.60. The Morgan fingerprint density at radius 3 is 2.38 bits per heavy atom. The zero-order chi connectivity index (χ0) is 22.1. The summed E-state index contributed by atoms with van der Waals surface area (Å²) in [4.78, 5) is 27.3. The van der Waals surface area contributed by atoms with Gasteiger partial charge in [0.15, 0.2) is 0 Å². The van der Waals surface area contributed by atoms with Gasteiger partial charge in [0.1, 0.15) is 0 Å². The van der Waals surface area contributed by atoms with Crippen molar-refractivity contribution in [3.63, 3.8) is 0 Å². The third-order valence-electron chi connectivity index (χ3n) is 5.46. The summed E-state index contributed by atoms with van der Waals surface area (Å²) in [5.41, 5.74) is 3.89. The van der Waals surface area contributed by atoms with E-state index in [9.17, 15) is 9.59 Å². The fraction of sp³-hybridized carbons (Fsp3) is 0.0769. The van der Waals surface area contributed by atoms with E-state index in [4.69, 9.17) is 11.6 Å². The van der Waals surface area contributed by atoms with Crippen LogP contribution in [0, 0.1) is 0 Å². The van der Waals surface area contributed by atoms with Crippen LogP contribution in [0.5, 0.6) is 0 Å². The molecule has 1 fully saturated rings. The second kappa shape index (κ2) is 8.69. The van der Waals surface area contributed by atoms with Crippen LogP contribution in [0.3, 0.4) is 0 Å². The number of hydrogen-bond acceptors (Lipinski definition) is 3. The number of rotatable bonds is 5. The number of hydrogen-bond donors (Lipinski definition) is 0. The summed E-state index contributed by atoms with van der Waals surface area (Å²) in [6.45, 7) is 0.890. The minimum absolute atomic E-state index is 0.245. The van der Waals surface area contributed by atoms with Crippen LogP contribution in [-0.4, -0.2) is 20.6 Å². The normalized spacial score (nSPS) is 15.3. The number of para-hydroxylation sites is 1. The smallest absolute Gasteiger partial charge is 0.293 e. The second-order valence-electron chi connectivity index (χ2n) is 7.57. The first kappa shape index (κ1) is 20.6. The number of benzene rings is 3. The predicted octanol–water partition coefficient (Wildman–Crippen LogP) is 6.58. The van der Waals surface area contributed by atoms with E-state index >= 15 is 0 Å². The lowest BCUT2D eigenvalue weighted by Gasteiger charge is -2.12. The van der Waals surface area contributed by atoms with Gasteiger partial charge in [-0.1, -0.05) is 78.3 Å². The maximum absolute atomic E-state index is 13.0. The van der Waals surface area contributed by atoms with Crippen LogP contribution in [0.15, 0.2) is 90.0 Å². The highest BCUT2D eigenvalue weighted by molar-refractivity contribution is 8.18. The Hall–Kier alpha value is -3.28. The molecule has 158 valence electrons. The van der Waals surface area contributed by atoms with Crippen molar-refractivity contribution < 1.29 is 9.59 Å². The molecule has 1 saturated heterocycles. The standard InChI is InChI=1S/C26H19ClN2O2S/c27-22-12-6-4-10-19(22)16-28-17-20(21-11-5-7-13-23(21)28)14-24-25(30)29(26(31)32-24)15-18-8-2-1-3-9-18/h1-14,17H,15-16H2/b24-14+. The maximum Gasteiger partial charge on any atom is 0.293 e. The van der Waals surface area contributed by atoms with Crippen LogP contribution in [0.25, 0.3) is 17.0 Å². The molecular weight excluding hydrogens is 440 g/mol. The number of nitrogens with zero attached hydrogens (tertiary/aromatic N) is 2. The number of carbonyl (C=O) groups excluding carboxylic acids is 2. The number of halogens is 1. The maximum atomic E-state index is 13.0. The van der Waals surface area contributed by atoms with Gasteiger partial charge in [-0.05, 0) is 41.1 Å². The molecular formula is C26H19ClN2O2S. The van der Waals surface area contributed by atoms with E-state index in [1.165, 1.54) is 4.90 Å². The van der Waals surface area contributed by atoms with Crippen LogP contribution in [-0.2, 0) is 17.9 Å². The van der Waals surface area contributed by atoms with E-state index in [-0.39, 0.29) is 17.7 Å². The molecule has 0 saturated carbocycles. The van der Waals surface area contributed by atoms with E-state index < -0.39 is 0 Å². The number of amides is 2. The van der Waals surface area contributed by atoms with E-state index in [0.717, 1.165) is 39.4 Å². The molecule has 6 heteroatoms. The van der Waals surface area contributed by atoms with Gasteiger partial charge in [0, 0.05) is 34.2 Å². The zero-order valence-corrected chi connectivity index (χ0v) is 18.6. The molecule has 0 N–H and O–H groups in total. The van der Waals surface area contributed by atoms with Crippen LogP contribution in [0.4, 0.5) is 4.79 Å². The number of fused-ring (bicyclic) bond motifs is 1. The molecule has 5 rings (SSSR count). The number of imide groups is 1. The molecule has 1 aromatic heterocycles. The highest BCUT2D eigenvalue weighted by Crippen LogP contribution is 2.35. The Balaban J connectivity index is 1.48. The van der Waals surface area contributed by atoms with Crippen molar-refractivity contribution in [3.8, 4) is 0 Å². The molecule has 4 nitrogen and oxygen atoms in total. The highest BCUT2D eigenvalue weighted by atomic mass is 35.5. The molecule has 1 aliphatic rings. The Labute approximate surface area is 195 Å². The van der Waals surface area contributed by atoms with Gasteiger partial charge in [0.05, 0.1) is 11.4 Å². The number of carbonyl (C=O) groups is 2. The minimum atomic E-state index is -0.258. The van der Waals surface area contributed by atoms with Gasteiger partial charge in [-0.3, -0.25) is 14.5 Å². The second-order valence-corrected chi connectivity index (χ2v) is 8.97. The Morgan fingerprint density at radius 1 is 0.844 bits per heavy atom. The van der Waals surface area contributed by atoms with Crippen molar-refractivity contribution in [1.29, 1.82) is 0 Å². The summed E-state index contributed by atoms with van der Waals surface area (Å²) in [7, 11) is 0. The fourth-order valence-electron chi connectivity index (χ4n) is 3.87. The third kappa shape index (κ3) is 3.97. The van der Waals surface area contributed by atoms with Crippen molar-refractivity contribution in [3.05, 3.63) is 112 Å². The van der Waals surface area contributed by atoms with E-state index in [0.29, 0.717) is 16.5 Å². The molecule has 0 unspecified atom stereocenters. The van der Waals surface area contributed by atoms with Crippen molar-refractivity contribution >= 4 is 51.5 Å². The van der Waals surface area contributed by atoms with E-state index in [2.05, 4.69) is 4.57 Å². The predicted molar refractivity (Wildman–Crippen MR) is 130 cm³/mol. The Morgan fingerprint density at radius 2 is 1.56 bits per heavy atom. The minimum Gasteiger partial charge on any atom is -0.342 e. The van der Waals surface area contributed by atoms with E-state index in [1.54, 1.807) is 0 Å². The van der Waals surface area contributed by atoms with Crippen molar-refractivity contribution in [2.75, 3.05) is 0 Å². The average molecular weight is 459 g/mol. The molecule has 0 atom stereocenters. The summed E-state index contributed by atoms with van der Waals surface area (Å²) in [5.74, 6) is -0.258. The summed E-state index contributed by atoms with van der Waals surface area (Å²) in [6, 6.07) is 25.3. The molecule has 4 aromatic rings. The molecule has 0 aliphatic carbocycles. The lowest BCUT2D eigenvalue weighted by molar-refractivity contribution is -0.123. The molecule has 2 amide bonds. The van der Waals surface area contributed by atoms with Gasteiger partial charge >= 0.3 is 0 Å². The summed E-state index contributed by atoms with van der Waals surface area (Å²) in [6.07, 6.45) is 3.83. The van der Waals surface area contributed by atoms with Gasteiger partial charge in [-0.2, -0.15) is 0 Å². The molecule has 0 spiro atoms. The van der Waals surface area contributed by atoms with Crippen LogP contribution >= 0.6 is 23.4 Å². The fourth-order valence-corrected chi connectivity index (χ4v) is 4.90. The quantitative estimate of drug-likeness (QED) is 0.317. The first-order valence-corrected chi connectivity index (χ1v) is 11.4. The van der Waals surface area contributed by atoms with Crippen molar-refractivity contribution in [1.82, 2.24) is 9.47 Å². The zero-order valence-electron chi connectivity index (χ0n) is 17.1. The van der Waals surface area contributed by atoms with Gasteiger partial charge in [0.2, 0.25) is 0 Å². The SMILES string of the molecule is O=C1S/C(=C/c2cn(Cc3ccccc3Cl)c3ccccc23)C(=O)N1Cc1ccccc1. The molecule has 1 aliphatic heterocycles.